The third-order valence-corrected chi connectivity index (χ3v) is 3.16. The number of primary sulfonamides is 1. The SMILES string of the molecule is CC(=O)CC(=O)c1cc(Cl)ccc1S(N)(=O)=O. The number of halogens is 1. The number of Topliss-reactive ketones (excluding diaryl/α,β-unsaturated/α-hetero) is 2. The molecule has 17 heavy (non-hydrogen) atoms. The van der Waals surface area contributed by atoms with E-state index >= 15 is 0 Å². The van der Waals surface area contributed by atoms with Gasteiger partial charge in [0, 0.05) is 10.6 Å². The first-order valence-corrected chi connectivity index (χ1v) is 6.49. The minimum atomic E-state index is -4.02. The zero-order chi connectivity index (χ0) is 13.2. The van der Waals surface area contributed by atoms with Gasteiger partial charge in [0.2, 0.25) is 10.0 Å². The second-order valence-corrected chi connectivity index (χ2v) is 5.45. The summed E-state index contributed by atoms with van der Waals surface area (Å²) in [6.07, 6.45) is -0.386. The molecule has 1 aromatic carbocycles. The quantitative estimate of drug-likeness (QED) is 0.659. The summed E-state index contributed by atoms with van der Waals surface area (Å²) in [6, 6.07) is 3.64. The van der Waals surface area contributed by atoms with Crippen molar-refractivity contribution < 1.29 is 18.0 Å². The van der Waals surface area contributed by atoms with Gasteiger partial charge in [-0.1, -0.05) is 11.6 Å². The highest BCUT2D eigenvalue weighted by atomic mass is 35.5. The number of sulfonamides is 1. The molecule has 1 rings (SSSR count). The van der Waals surface area contributed by atoms with Gasteiger partial charge in [-0.05, 0) is 25.1 Å². The molecule has 0 fully saturated rings. The van der Waals surface area contributed by atoms with Crippen molar-refractivity contribution in [3.05, 3.63) is 28.8 Å². The van der Waals surface area contributed by atoms with E-state index in [4.69, 9.17) is 16.7 Å². The number of ketones is 2. The number of benzene rings is 1. The van der Waals surface area contributed by atoms with Crippen LogP contribution in [0.4, 0.5) is 0 Å². The summed E-state index contributed by atoms with van der Waals surface area (Å²) in [5.41, 5.74) is -0.157. The maximum Gasteiger partial charge on any atom is 0.238 e. The molecular weight excluding hydrogens is 266 g/mol. The third kappa shape index (κ3) is 3.62. The van der Waals surface area contributed by atoms with Gasteiger partial charge in [-0.3, -0.25) is 9.59 Å². The van der Waals surface area contributed by atoms with Crippen LogP contribution in [0.1, 0.15) is 23.7 Å². The molecule has 1 aromatic rings. The Morgan fingerprint density at radius 3 is 2.41 bits per heavy atom. The highest BCUT2D eigenvalue weighted by molar-refractivity contribution is 7.89. The number of carbonyl (C=O) groups excluding carboxylic acids is 2. The lowest BCUT2D eigenvalue weighted by molar-refractivity contribution is -0.116. The van der Waals surface area contributed by atoms with E-state index in [0.29, 0.717) is 0 Å². The van der Waals surface area contributed by atoms with Crippen LogP contribution < -0.4 is 5.14 Å². The van der Waals surface area contributed by atoms with Crippen LogP contribution in [0.15, 0.2) is 23.1 Å². The first-order valence-electron chi connectivity index (χ1n) is 4.57. The van der Waals surface area contributed by atoms with Crippen LogP contribution in [0.25, 0.3) is 0 Å². The summed E-state index contributed by atoms with van der Waals surface area (Å²) < 4.78 is 22.5. The van der Waals surface area contributed by atoms with Gasteiger partial charge < -0.3 is 0 Å². The van der Waals surface area contributed by atoms with Crippen molar-refractivity contribution in [3.8, 4) is 0 Å². The molecule has 0 atom stereocenters. The Bertz CT molecular complexity index is 580. The molecule has 0 unspecified atom stereocenters. The smallest absolute Gasteiger partial charge is 0.238 e. The van der Waals surface area contributed by atoms with Crippen molar-refractivity contribution in [1.29, 1.82) is 0 Å². The molecule has 0 saturated carbocycles. The molecule has 0 aliphatic rings. The Labute approximate surface area is 104 Å². The number of carbonyl (C=O) groups is 2. The van der Waals surface area contributed by atoms with E-state index in [-0.39, 0.29) is 27.7 Å². The predicted octanol–water partition coefficient (Wildman–Crippen LogP) is 1.15. The van der Waals surface area contributed by atoms with Crippen LogP contribution in [-0.4, -0.2) is 20.0 Å². The Kier molecular flexibility index (Phi) is 4.03. The maximum absolute atomic E-state index is 11.7. The van der Waals surface area contributed by atoms with Gasteiger partial charge in [0.1, 0.15) is 5.78 Å². The van der Waals surface area contributed by atoms with Gasteiger partial charge in [-0.2, -0.15) is 0 Å². The summed E-state index contributed by atoms with van der Waals surface area (Å²) in [7, 11) is -4.02. The van der Waals surface area contributed by atoms with Crippen molar-refractivity contribution in [3.63, 3.8) is 0 Å². The molecule has 0 spiro atoms. The molecule has 5 nitrogen and oxygen atoms in total. The van der Waals surface area contributed by atoms with Gasteiger partial charge in [0.25, 0.3) is 0 Å². The largest absolute Gasteiger partial charge is 0.300 e. The summed E-state index contributed by atoms with van der Waals surface area (Å²) in [4.78, 5) is 22.2. The van der Waals surface area contributed by atoms with Crippen LogP contribution in [0, 0.1) is 0 Å². The lowest BCUT2D eigenvalue weighted by atomic mass is 10.1. The Balaban J connectivity index is 3.35. The van der Waals surface area contributed by atoms with Crippen LogP contribution >= 0.6 is 11.6 Å². The minimum Gasteiger partial charge on any atom is -0.300 e. The van der Waals surface area contributed by atoms with E-state index in [0.717, 1.165) is 6.07 Å². The van der Waals surface area contributed by atoms with Crippen LogP contribution in [0.3, 0.4) is 0 Å². The number of nitrogens with two attached hydrogens (primary N) is 1. The molecule has 0 bridgehead atoms. The first kappa shape index (κ1) is 13.8. The molecule has 0 amide bonds. The third-order valence-electron chi connectivity index (χ3n) is 1.96. The fraction of sp³-hybridized carbons (Fsp3) is 0.200. The van der Waals surface area contributed by atoms with Crippen molar-refractivity contribution in [2.45, 2.75) is 18.2 Å². The molecule has 0 aromatic heterocycles. The van der Waals surface area contributed by atoms with E-state index in [2.05, 4.69) is 0 Å². The van der Waals surface area contributed by atoms with E-state index in [9.17, 15) is 18.0 Å². The second kappa shape index (κ2) is 4.95. The van der Waals surface area contributed by atoms with Crippen molar-refractivity contribution >= 4 is 33.2 Å². The topological polar surface area (TPSA) is 94.3 Å². The lowest BCUT2D eigenvalue weighted by Gasteiger charge is -2.06. The van der Waals surface area contributed by atoms with E-state index in [1.807, 2.05) is 0 Å². The second-order valence-electron chi connectivity index (χ2n) is 3.49. The van der Waals surface area contributed by atoms with E-state index in [1.165, 1.54) is 19.1 Å². The molecule has 0 saturated heterocycles. The summed E-state index contributed by atoms with van der Waals surface area (Å²) in [5, 5.41) is 5.17. The summed E-state index contributed by atoms with van der Waals surface area (Å²) in [6.45, 7) is 1.24. The van der Waals surface area contributed by atoms with Gasteiger partial charge in [-0.25, -0.2) is 13.6 Å². The molecule has 0 heterocycles. The Morgan fingerprint density at radius 1 is 1.35 bits per heavy atom. The zero-order valence-electron chi connectivity index (χ0n) is 8.94. The van der Waals surface area contributed by atoms with Gasteiger partial charge >= 0.3 is 0 Å². The van der Waals surface area contributed by atoms with Crippen LogP contribution in [0.2, 0.25) is 5.02 Å². The monoisotopic (exact) mass is 275 g/mol. The molecule has 7 heteroatoms. The van der Waals surface area contributed by atoms with Crippen LogP contribution in [0.5, 0.6) is 0 Å². The first-order chi connectivity index (χ1) is 7.71. The average molecular weight is 276 g/mol. The van der Waals surface area contributed by atoms with Gasteiger partial charge in [0.15, 0.2) is 5.78 Å². The maximum atomic E-state index is 11.7. The molecule has 0 aliphatic carbocycles. The molecular formula is C10H10ClNO4S. The van der Waals surface area contributed by atoms with E-state index < -0.39 is 15.8 Å². The number of hydrogen-bond donors (Lipinski definition) is 1. The van der Waals surface area contributed by atoms with Crippen molar-refractivity contribution in [1.82, 2.24) is 0 Å². The van der Waals surface area contributed by atoms with E-state index in [1.54, 1.807) is 0 Å². The molecule has 2 N–H and O–H groups in total. The summed E-state index contributed by atoms with van der Waals surface area (Å²) in [5.74, 6) is -0.987. The molecule has 0 radical (unpaired) electrons. The highest BCUT2D eigenvalue weighted by Crippen LogP contribution is 2.21. The fourth-order valence-electron chi connectivity index (χ4n) is 1.29. The predicted molar refractivity (Wildman–Crippen MR) is 62.5 cm³/mol. The number of hydrogen-bond acceptors (Lipinski definition) is 4. The van der Waals surface area contributed by atoms with Gasteiger partial charge in [0.05, 0.1) is 11.3 Å². The number of rotatable bonds is 4. The van der Waals surface area contributed by atoms with Gasteiger partial charge in [-0.15, -0.1) is 0 Å². The fourth-order valence-corrected chi connectivity index (χ4v) is 2.20. The highest BCUT2D eigenvalue weighted by Gasteiger charge is 2.20. The zero-order valence-corrected chi connectivity index (χ0v) is 10.5. The molecule has 0 aliphatic heterocycles. The minimum absolute atomic E-state index is 0.157. The molecule has 92 valence electrons. The summed E-state index contributed by atoms with van der Waals surface area (Å²) >= 11 is 5.67. The van der Waals surface area contributed by atoms with Crippen molar-refractivity contribution in [2.75, 3.05) is 0 Å². The lowest BCUT2D eigenvalue weighted by Crippen LogP contribution is -2.17. The standard InChI is InChI=1S/C10H10ClNO4S/c1-6(13)4-9(14)8-5-7(11)2-3-10(8)17(12,15)16/h2-3,5H,4H2,1H3,(H2,12,15,16). The normalized spacial score (nSPS) is 11.2. The van der Waals surface area contributed by atoms with Crippen LogP contribution in [-0.2, 0) is 14.8 Å². The average Bonchev–Trinajstić information content (AvgIpc) is 2.14. The Morgan fingerprint density at radius 2 is 1.94 bits per heavy atom. The Hall–Kier alpha value is -1.24. The van der Waals surface area contributed by atoms with Crippen molar-refractivity contribution in [2.24, 2.45) is 5.14 Å².